The summed E-state index contributed by atoms with van der Waals surface area (Å²) in [6, 6.07) is 2.86. The van der Waals surface area contributed by atoms with Crippen LogP contribution < -0.4 is 10.1 Å². The van der Waals surface area contributed by atoms with E-state index in [9.17, 15) is 14.0 Å². The molecule has 0 saturated heterocycles. The lowest BCUT2D eigenvalue weighted by molar-refractivity contribution is -0.139. The third-order valence-corrected chi connectivity index (χ3v) is 2.71. The van der Waals surface area contributed by atoms with Gasteiger partial charge in [0.05, 0.1) is 12.2 Å². The zero-order chi connectivity index (χ0) is 15.8. The smallest absolute Gasteiger partial charge is 0.326 e. The number of rotatable bonds is 7. The maximum Gasteiger partial charge on any atom is 0.326 e. The van der Waals surface area contributed by atoms with Gasteiger partial charge in [-0.05, 0) is 32.4 Å². The summed E-state index contributed by atoms with van der Waals surface area (Å²) in [7, 11) is 0. The van der Waals surface area contributed by atoms with Gasteiger partial charge in [-0.1, -0.05) is 18.2 Å². The molecule has 1 rings (SSSR count). The summed E-state index contributed by atoms with van der Waals surface area (Å²) in [5, 5.41) is 11.4. The lowest BCUT2D eigenvalue weighted by atomic mass is 10.1. The summed E-state index contributed by atoms with van der Waals surface area (Å²) in [5.41, 5.74) is -0.0245. The number of allylic oxidation sites excluding steroid dienone is 1. The summed E-state index contributed by atoms with van der Waals surface area (Å²) in [4.78, 5) is 23.2. The number of carbonyl (C=O) groups excluding carboxylic acids is 1. The van der Waals surface area contributed by atoms with Crippen molar-refractivity contribution in [1.82, 2.24) is 5.32 Å². The van der Waals surface area contributed by atoms with E-state index >= 15 is 0 Å². The van der Waals surface area contributed by atoms with Crippen LogP contribution in [0.1, 0.15) is 30.6 Å². The summed E-state index contributed by atoms with van der Waals surface area (Å²) < 4.78 is 18.8. The zero-order valence-corrected chi connectivity index (χ0v) is 11.9. The molecule has 2 N–H and O–H groups in total. The van der Waals surface area contributed by atoms with Crippen LogP contribution in [0.15, 0.2) is 30.4 Å². The molecule has 0 aliphatic heterocycles. The molecule has 21 heavy (non-hydrogen) atoms. The van der Waals surface area contributed by atoms with Gasteiger partial charge in [-0.2, -0.15) is 0 Å². The van der Waals surface area contributed by atoms with Gasteiger partial charge in [0.2, 0.25) is 0 Å². The van der Waals surface area contributed by atoms with Crippen LogP contribution in [0.4, 0.5) is 4.39 Å². The predicted molar refractivity (Wildman–Crippen MR) is 75.9 cm³/mol. The Morgan fingerprint density at radius 1 is 1.48 bits per heavy atom. The molecule has 1 atom stereocenters. The molecule has 0 saturated carbocycles. The number of nitrogens with one attached hydrogen (secondary N) is 1. The van der Waals surface area contributed by atoms with Crippen molar-refractivity contribution in [3.8, 4) is 5.75 Å². The number of carboxylic acid groups (broad SMARTS) is 1. The minimum Gasteiger partial charge on any atom is -0.490 e. The van der Waals surface area contributed by atoms with Gasteiger partial charge in [-0.25, -0.2) is 9.18 Å². The molecule has 0 spiro atoms. The maximum atomic E-state index is 13.7. The van der Waals surface area contributed by atoms with Crippen LogP contribution in [-0.4, -0.2) is 29.6 Å². The lowest BCUT2D eigenvalue weighted by Crippen LogP contribution is -2.40. The van der Waals surface area contributed by atoms with E-state index in [-0.39, 0.29) is 24.3 Å². The van der Waals surface area contributed by atoms with Gasteiger partial charge in [0.25, 0.3) is 5.91 Å². The number of carbonyl (C=O) groups is 2. The number of amides is 1. The fraction of sp³-hybridized carbons (Fsp3) is 0.333. The number of hydrogen-bond acceptors (Lipinski definition) is 3. The Hall–Kier alpha value is -2.37. The van der Waals surface area contributed by atoms with E-state index < -0.39 is 23.7 Å². The molecule has 0 radical (unpaired) electrons. The van der Waals surface area contributed by atoms with Crippen LogP contribution in [-0.2, 0) is 4.79 Å². The summed E-state index contributed by atoms with van der Waals surface area (Å²) in [5.74, 6) is -2.68. The van der Waals surface area contributed by atoms with Gasteiger partial charge in [-0.3, -0.25) is 4.79 Å². The number of aliphatic carboxylic acids is 1. The molecule has 0 aliphatic rings. The lowest BCUT2D eigenvalue weighted by Gasteiger charge is -2.15. The Morgan fingerprint density at radius 2 is 2.19 bits per heavy atom. The summed E-state index contributed by atoms with van der Waals surface area (Å²) >= 11 is 0. The average molecular weight is 295 g/mol. The molecule has 0 aromatic heterocycles. The molecule has 1 amide bonds. The highest BCUT2D eigenvalue weighted by Crippen LogP contribution is 2.22. The van der Waals surface area contributed by atoms with Gasteiger partial charge in [0, 0.05) is 0 Å². The molecule has 1 aromatic carbocycles. The Morgan fingerprint density at radius 3 is 2.76 bits per heavy atom. The normalized spacial score (nSPS) is 12.1. The highest BCUT2D eigenvalue weighted by atomic mass is 19.1. The van der Waals surface area contributed by atoms with Gasteiger partial charge < -0.3 is 15.2 Å². The topological polar surface area (TPSA) is 75.6 Å². The molecular weight excluding hydrogens is 277 g/mol. The zero-order valence-electron chi connectivity index (χ0n) is 11.9. The summed E-state index contributed by atoms with van der Waals surface area (Å²) in [6.45, 7) is 3.61. The quantitative estimate of drug-likeness (QED) is 0.757. The largest absolute Gasteiger partial charge is 0.490 e. The molecule has 0 bridgehead atoms. The second-order valence-corrected chi connectivity index (χ2v) is 4.22. The van der Waals surface area contributed by atoms with Gasteiger partial charge in [-0.15, -0.1) is 0 Å². The van der Waals surface area contributed by atoms with Gasteiger partial charge >= 0.3 is 5.97 Å². The van der Waals surface area contributed by atoms with Crippen LogP contribution in [0.2, 0.25) is 0 Å². The van der Waals surface area contributed by atoms with Crippen LogP contribution >= 0.6 is 0 Å². The molecule has 114 valence electrons. The highest BCUT2D eigenvalue weighted by Gasteiger charge is 2.22. The minimum atomic E-state index is -1.16. The number of hydrogen-bond donors (Lipinski definition) is 2. The monoisotopic (exact) mass is 295 g/mol. The van der Waals surface area contributed by atoms with Gasteiger partial charge in [0.1, 0.15) is 6.04 Å². The first kappa shape index (κ1) is 16.7. The Balaban J connectivity index is 2.97. The minimum absolute atomic E-state index is 0.0245. The molecule has 5 nitrogen and oxygen atoms in total. The molecule has 1 unspecified atom stereocenters. The van der Waals surface area contributed by atoms with Crippen molar-refractivity contribution in [2.75, 3.05) is 6.61 Å². The van der Waals surface area contributed by atoms with E-state index in [1.54, 1.807) is 26.0 Å². The number of halogens is 1. The van der Waals surface area contributed by atoms with Crippen molar-refractivity contribution in [3.05, 3.63) is 41.7 Å². The summed E-state index contributed by atoms with van der Waals surface area (Å²) in [6.07, 6.45) is 3.47. The maximum absolute atomic E-state index is 13.7. The third-order valence-electron chi connectivity index (χ3n) is 2.71. The number of para-hydroxylation sites is 1. The predicted octanol–water partition coefficient (Wildman–Crippen LogP) is 2.37. The highest BCUT2D eigenvalue weighted by molar-refractivity contribution is 5.99. The first-order chi connectivity index (χ1) is 10.0. The Labute approximate surface area is 122 Å². The standard InChI is InChI=1S/C15H18FNO4/c1-3-5-9-12(15(19)20)17-14(18)10-7-6-8-11(16)13(10)21-4-2/h3,5-8,12H,4,9H2,1-2H3,(H,17,18)(H,19,20)/b5-3+. The molecule has 0 fully saturated rings. The number of ether oxygens (including phenoxy) is 1. The van der Waals surface area contributed by atoms with Crippen LogP contribution in [0, 0.1) is 5.82 Å². The molecule has 0 aliphatic carbocycles. The molecular formula is C15H18FNO4. The van der Waals surface area contributed by atoms with Crippen molar-refractivity contribution >= 4 is 11.9 Å². The van der Waals surface area contributed by atoms with Crippen molar-refractivity contribution in [2.45, 2.75) is 26.3 Å². The van der Waals surface area contributed by atoms with E-state index in [1.165, 1.54) is 18.2 Å². The molecule has 1 aromatic rings. The third kappa shape index (κ3) is 4.59. The van der Waals surface area contributed by atoms with Crippen molar-refractivity contribution in [3.63, 3.8) is 0 Å². The first-order valence-corrected chi connectivity index (χ1v) is 6.57. The van der Waals surface area contributed by atoms with Crippen LogP contribution in [0.3, 0.4) is 0 Å². The Bertz CT molecular complexity index is 542. The Kier molecular flexibility index (Phi) is 6.39. The number of carboxylic acids is 1. The fourth-order valence-corrected chi connectivity index (χ4v) is 1.71. The van der Waals surface area contributed by atoms with E-state index in [2.05, 4.69) is 5.32 Å². The van der Waals surface area contributed by atoms with E-state index in [1.807, 2.05) is 0 Å². The SMILES string of the molecule is C/C=C/CC(NC(=O)c1cccc(F)c1OCC)C(=O)O. The second kappa shape index (κ2) is 8.04. The second-order valence-electron chi connectivity index (χ2n) is 4.22. The van der Waals surface area contributed by atoms with Crippen LogP contribution in [0.5, 0.6) is 5.75 Å². The van der Waals surface area contributed by atoms with Crippen LogP contribution in [0.25, 0.3) is 0 Å². The molecule has 0 heterocycles. The molecule has 6 heteroatoms. The fourth-order valence-electron chi connectivity index (χ4n) is 1.71. The van der Waals surface area contributed by atoms with Crippen molar-refractivity contribution in [2.24, 2.45) is 0 Å². The van der Waals surface area contributed by atoms with Crippen molar-refractivity contribution in [1.29, 1.82) is 0 Å². The number of benzene rings is 1. The van der Waals surface area contributed by atoms with E-state index in [4.69, 9.17) is 9.84 Å². The van der Waals surface area contributed by atoms with E-state index in [0.717, 1.165) is 0 Å². The van der Waals surface area contributed by atoms with Gasteiger partial charge in [0.15, 0.2) is 11.6 Å². The van der Waals surface area contributed by atoms with E-state index in [0.29, 0.717) is 0 Å². The first-order valence-electron chi connectivity index (χ1n) is 6.57. The van der Waals surface area contributed by atoms with Crippen molar-refractivity contribution < 1.29 is 23.8 Å². The average Bonchev–Trinajstić information content (AvgIpc) is 2.45.